The lowest BCUT2D eigenvalue weighted by Crippen LogP contribution is -2.45. The number of rotatable bonds is 4. The fourth-order valence-corrected chi connectivity index (χ4v) is 3.13. The monoisotopic (exact) mass is 260 g/mol. The standard InChI is InChI=1S/C17H28N2/c1-5-18-11-16-6-8-17(9-7-16)19-12-13(2)10-14(3)15(19)4/h6-9,13-15,18H,5,10-12H2,1-4H3. The van der Waals surface area contributed by atoms with Crippen LogP contribution in [0.25, 0.3) is 0 Å². The van der Waals surface area contributed by atoms with Crippen molar-refractivity contribution in [2.75, 3.05) is 18.0 Å². The van der Waals surface area contributed by atoms with Crippen LogP contribution in [0.4, 0.5) is 5.69 Å². The quantitative estimate of drug-likeness (QED) is 0.888. The third-order valence-electron chi connectivity index (χ3n) is 4.44. The van der Waals surface area contributed by atoms with E-state index in [0.717, 1.165) is 24.9 Å². The summed E-state index contributed by atoms with van der Waals surface area (Å²) >= 11 is 0. The summed E-state index contributed by atoms with van der Waals surface area (Å²) in [7, 11) is 0. The van der Waals surface area contributed by atoms with Crippen LogP contribution in [0.1, 0.15) is 39.7 Å². The Balaban J connectivity index is 2.08. The zero-order valence-corrected chi connectivity index (χ0v) is 12.8. The fourth-order valence-electron chi connectivity index (χ4n) is 3.13. The van der Waals surface area contributed by atoms with Crippen molar-refractivity contribution in [3.8, 4) is 0 Å². The largest absolute Gasteiger partial charge is 0.368 e. The lowest BCUT2D eigenvalue weighted by Gasteiger charge is -2.42. The van der Waals surface area contributed by atoms with Crippen LogP contribution in [0.15, 0.2) is 24.3 Å². The fraction of sp³-hybridized carbons (Fsp3) is 0.647. The molecule has 0 spiro atoms. The molecule has 3 unspecified atom stereocenters. The Labute approximate surface area is 118 Å². The summed E-state index contributed by atoms with van der Waals surface area (Å²) in [5.41, 5.74) is 2.75. The molecule has 2 rings (SSSR count). The average molecular weight is 260 g/mol. The molecule has 1 heterocycles. The van der Waals surface area contributed by atoms with Crippen LogP contribution in [0, 0.1) is 11.8 Å². The molecule has 0 amide bonds. The van der Waals surface area contributed by atoms with Crippen LogP contribution in [-0.2, 0) is 6.54 Å². The lowest BCUT2D eigenvalue weighted by molar-refractivity contribution is 0.297. The van der Waals surface area contributed by atoms with Crippen LogP contribution in [0.5, 0.6) is 0 Å². The predicted octanol–water partition coefficient (Wildman–Crippen LogP) is 3.67. The van der Waals surface area contributed by atoms with Crippen molar-refractivity contribution in [2.24, 2.45) is 11.8 Å². The summed E-state index contributed by atoms with van der Waals surface area (Å²) in [4.78, 5) is 2.58. The second kappa shape index (κ2) is 6.42. The van der Waals surface area contributed by atoms with Crippen LogP contribution in [-0.4, -0.2) is 19.1 Å². The summed E-state index contributed by atoms with van der Waals surface area (Å²) in [6.07, 6.45) is 1.36. The highest BCUT2D eigenvalue weighted by Crippen LogP contribution is 2.31. The van der Waals surface area contributed by atoms with Gasteiger partial charge in [-0.2, -0.15) is 0 Å². The van der Waals surface area contributed by atoms with E-state index in [1.54, 1.807) is 0 Å². The highest BCUT2D eigenvalue weighted by molar-refractivity contribution is 5.49. The molecule has 0 aliphatic carbocycles. The molecule has 19 heavy (non-hydrogen) atoms. The normalized spacial score (nSPS) is 27.6. The zero-order chi connectivity index (χ0) is 13.8. The number of hydrogen-bond donors (Lipinski definition) is 1. The van der Waals surface area contributed by atoms with Crippen molar-refractivity contribution in [1.82, 2.24) is 5.32 Å². The topological polar surface area (TPSA) is 15.3 Å². The lowest BCUT2D eigenvalue weighted by atomic mass is 9.85. The highest BCUT2D eigenvalue weighted by atomic mass is 15.2. The molecule has 3 atom stereocenters. The van der Waals surface area contributed by atoms with Gasteiger partial charge >= 0.3 is 0 Å². The van der Waals surface area contributed by atoms with Gasteiger partial charge in [-0.05, 0) is 49.4 Å². The van der Waals surface area contributed by atoms with Gasteiger partial charge in [-0.25, -0.2) is 0 Å². The first-order valence-electron chi connectivity index (χ1n) is 7.68. The second-order valence-electron chi connectivity index (χ2n) is 6.16. The first kappa shape index (κ1) is 14.4. The van der Waals surface area contributed by atoms with E-state index in [1.165, 1.54) is 24.2 Å². The molecule has 1 aliphatic heterocycles. The number of nitrogens with one attached hydrogen (secondary N) is 1. The van der Waals surface area contributed by atoms with Crippen molar-refractivity contribution in [3.63, 3.8) is 0 Å². The number of nitrogens with zero attached hydrogens (tertiary/aromatic N) is 1. The van der Waals surface area contributed by atoms with Crippen molar-refractivity contribution in [1.29, 1.82) is 0 Å². The molecule has 0 aromatic heterocycles. The number of hydrogen-bond acceptors (Lipinski definition) is 2. The van der Waals surface area contributed by atoms with Crippen LogP contribution >= 0.6 is 0 Å². The van der Waals surface area contributed by atoms with E-state index >= 15 is 0 Å². The Morgan fingerprint density at radius 3 is 2.47 bits per heavy atom. The van der Waals surface area contributed by atoms with Crippen LogP contribution in [0.2, 0.25) is 0 Å². The Hall–Kier alpha value is -1.02. The molecule has 0 bridgehead atoms. The van der Waals surface area contributed by atoms with E-state index in [9.17, 15) is 0 Å². The maximum absolute atomic E-state index is 3.37. The Morgan fingerprint density at radius 2 is 1.84 bits per heavy atom. The van der Waals surface area contributed by atoms with Gasteiger partial charge in [0.05, 0.1) is 0 Å². The van der Waals surface area contributed by atoms with E-state index in [4.69, 9.17) is 0 Å². The molecule has 1 aliphatic rings. The molecule has 0 saturated carbocycles. The zero-order valence-electron chi connectivity index (χ0n) is 12.8. The van der Waals surface area contributed by atoms with E-state index < -0.39 is 0 Å². The van der Waals surface area contributed by atoms with E-state index in [1.807, 2.05) is 0 Å². The molecule has 1 fully saturated rings. The molecule has 1 N–H and O–H groups in total. The van der Waals surface area contributed by atoms with Crippen molar-refractivity contribution < 1.29 is 0 Å². The molecule has 1 aromatic carbocycles. The minimum Gasteiger partial charge on any atom is -0.368 e. The Morgan fingerprint density at radius 1 is 1.16 bits per heavy atom. The number of anilines is 1. The maximum Gasteiger partial charge on any atom is 0.0368 e. The minimum absolute atomic E-state index is 0.649. The second-order valence-corrected chi connectivity index (χ2v) is 6.16. The van der Waals surface area contributed by atoms with Crippen molar-refractivity contribution in [2.45, 2.75) is 46.7 Å². The van der Waals surface area contributed by atoms with Gasteiger partial charge in [0.15, 0.2) is 0 Å². The van der Waals surface area contributed by atoms with Gasteiger partial charge in [-0.15, -0.1) is 0 Å². The third kappa shape index (κ3) is 3.50. The summed E-state index contributed by atoms with van der Waals surface area (Å²) < 4.78 is 0. The van der Waals surface area contributed by atoms with Gasteiger partial charge in [0.1, 0.15) is 0 Å². The first-order chi connectivity index (χ1) is 9.11. The van der Waals surface area contributed by atoms with Gasteiger partial charge in [0.2, 0.25) is 0 Å². The predicted molar refractivity (Wildman–Crippen MR) is 83.6 cm³/mol. The van der Waals surface area contributed by atoms with Crippen LogP contribution in [0.3, 0.4) is 0 Å². The molecule has 1 aromatic rings. The Kier molecular flexibility index (Phi) is 4.87. The van der Waals surface area contributed by atoms with Gasteiger partial charge < -0.3 is 10.2 Å². The van der Waals surface area contributed by atoms with Gasteiger partial charge in [-0.1, -0.05) is 32.9 Å². The SMILES string of the molecule is CCNCc1ccc(N2CC(C)CC(C)C2C)cc1. The van der Waals surface area contributed by atoms with E-state index in [-0.39, 0.29) is 0 Å². The molecule has 0 radical (unpaired) electrons. The van der Waals surface area contributed by atoms with Gasteiger partial charge in [-0.3, -0.25) is 0 Å². The van der Waals surface area contributed by atoms with Gasteiger partial charge in [0, 0.05) is 24.8 Å². The van der Waals surface area contributed by atoms with E-state index in [2.05, 4.69) is 62.2 Å². The first-order valence-corrected chi connectivity index (χ1v) is 7.68. The summed E-state index contributed by atoms with van der Waals surface area (Å²) in [5, 5.41) is 3.37. The van der Waals surface area contributed by atoms with Gasteiger partial charge in [0.25, 0.3) is 0 Å². The highest BCUT2D eigenvalue weighted by Gasteiger charge is 2.28. The van der Waals surface area contributed by atoms with Crippen molar-refractivity contribution >= 4 is 5.69 Å². The number of piperidine rings is 1. The summed E-state index contributed by atoms with van der Waals surface area (Å²) in [6.45, 7) is 12.5. The molecular formula is C17H28N2. The summed E-state index contributed by atoms with van der Waals surface area (Å²) in [5.74, 6) is 1.58. The molecule has 106 valence electrons. The van der Waals surface area contributed by atoms with E-state index in [0.29, 0.717) is 6.04 Å². The summed E-state index contributed by atoms with van der Waals surface area (Å²) in [6, 6.07) is 9.74. The molecular weight excluding hydrogens is 232 g/mol. The smallest absolute Gasteiger partial charge is 0.0368 e. The van der Waals surface area contributed by atoms with Crippen LogP contribution < -0.4 is 10.2 Å². The molecule has 2 heteroatoms. The Bertz CT molecular complexity index is 385. The minimum atomic E-state index is 0.649. The maximum atomic E-state index is 3.37. The van der Waals surface area contributed by atoms with Crippen molar-refractivity contribution in [3.05, 3.63) is 29.8 Å². The molecule has 2 nitrogen and oxygen atoms in total. The molecule has 1 saturated heterocycles. The number of benzene rings is 1. The average Bonchev–Trinajstić information content (AvgIpc) is 2.41. The third-order valence-corrected chi connectivity index (χ3v) is 4.44.